The van der Waals surface area contributed by atoms with Gasteiger partial charge in [0.2, 0.25) is 5.79 Å². The van der Waals surface area contributed by atoms with Crippen LogP contribution in [0.25, 0.3) is 0 Å². The third kappa shape index (κ3) is 2.25. The highest BCUT2D eigenvalue weighted by atomic mass is 19.1. The molecule has 3 heterocycles. The number of rotatable bonds is 2. The van der Waals surface area contributed by atoms with E-state index in [0.29, 0.717) is 12.3 Å². The van der Waals surface area contributed by atoms with Crippen molar-refractivity contribution in [3.05, 3.63) is 35.1 Å². The van der Waals surface area contributed by atoms with Crippen molar-refractivity contribution in [1.82, 2.24) is 0 Å². The van der Waals surface area contributed by atoms with Crippen LogP contribution in [-0.4, -0.2) is 19.0 Å². The van der Waals surface area contributed by atoms with Gasteiger partial charge in [0.25, 0.3) is 0 Å². The molecule has 3 saturated heterocycles. The Balaban J connectivity index is 1.76. The second-order valence-corrected chi connectivity index (χ2v) is 7.00. The van der Waals surface area contributed by atoms with Gasteiger partial charge in [0, 0.05) is 19.1 Å². The Kier molecular flexibility index (Phi) is 3.72. The quantitative estimate of drug-likeness (QED) is 0.772. The topological polar surface area (TPSA) is 36.9 Å². The fraction of sp³-hybridized carbons (Fsp3) is 0.667. The van der Waals surface area contributed by atoms with Crippen molar-refractivity contribution < 1.29 is 23.6 Å². The number of hydrogen-bond acceptors (Lipinski definition) is 4. The first-order valence-electron chi connectivity index (χ1n) is 8.44. The van der Waals surface area contributed by atoms with Crippen molar-refractivity contribution in [2.45, 2.75) is 63.1 Å². The third-order valence-corrected chi connectivity index (χ3v) is 5.72. The Morgan fingerprint density at radius 2 is 2.04 bits per heavy atom. The lowest BCUT2D eigenvalue weighted by Crippen LogP contribution is -2.59. The first-order chi connectivity index (χ1) is 11.1. The van der Waals surface area contributed by atoms with E-state index in [4.69, 9.17) is 19.2 Å². The molecule has 4 nitrogen and oxygen atoms in total. The number of fused-ring (bicyclic) bond motifs is 3. The minimum absolute atomic E-state index is 0.263. The predicted molar refractivity (Wildman–Crippen MR) is 80.8 cm³/mol. The zero-order chi connectivity index (χ0) is 16.1. The molecule has 23 heavy (non-hydrogen) atoms. The Morgan fingerprint density at radius 1 is 1.17 bits per heavy atom. The molecule has 0 amide bonds. The average molecular weight is 322 g/mol. The Labute approximate surface area is 135 Å². The second kappa shape index (κ2) is 5.52. The molecule has 5 rings (SSSR count). The molecular weight excluding hydrogens is 299 g/mol. The van der Waals surface area contributed by atoms with Crippen molar-refractivity contribution in [2.75, 3.05) is 7.11 Å². The van der Waals surface area contributed by atoms with Crippen LogP contribution in [0.15, 0.2) is 18.2 Å². The summed E-state index contributed by atoms with van der Waals surface area (Å²) in [5, 5.41) is 0. The summed E-state index contributed by atoms with van der Waals surface area (Å²) < 4.78 is 25.5. The molecule has 3 aliphatic heterocycles. The van der Waals surface area contributed by atoms with Gasteiger partial charge in [-0.05, 0) is 49.8 Å². The molecule has 5 heteroatoms. The van der Waals surface area contributed by atoms with Gasteiger partial charge in [-0.1, -0.05) is 18.9 Å². The van der Waals surface area contributed by atoms with Crippen LogP contribution in [0.2, 0.25) is 0 Å². The van der Waals surface area contributed by atoms with E-state index in [1.165, 1.54) is 18.6 Å². The van der Waals surface area contributed by atoms with Crippen LogP contribution < -0.4 is 0 Å². The normalized spacial score (nSPS) is 39.8. The van der Waals surface area contributed by atoms with E-state index in [0.717, 1.165) is 36.8 Å². The third-order valence-electron chi connectivity index (χ3n) is 5.72. The number of hydrogen-bond donors (Lipinski definition) is 0. The smallest absolute Gasteiger partial charge is 0.230 e. The molecule has 0 aromatic heterocycles. The van der Waals surface area contributed by atoms with Gasteiger partial charge in [-0.2, -0.15) is 4.89 Å². The van der Waals surface area contributed by atoms with E-state index >= 15 is 0 Å². The van der Waals surface area contributed by atoms with Crippen LogP contribution in [0, 0.1) is 18.7 Å². The highest BCUT2D eigenvalue weighted by Crippen LogP contribution is 2.55. The van der Waals surface area contributed by atoms with Gasteiger partial charge >= 0.3 is 0 Å². The highest BCUT2D eigenvalue weighted by molar-refractivity contribution is 5.31. The zero-order valence-electron chi connectivity index (χ0n) is 13.6. The molecule has 1 aromatic carbocycles. The van der Waals surface area contributed by atoms with Gasteiger partial charge in [0.15, 0.2) is 11.9 Å². The summed E-state index contributed by atoms with van der Waals surface area (Å²) in [4.78, 5) is 11.9. The van der Waals surface area contributed by atoms with Crippen LogP contribution in [-0.2, 0) is 25.0 Å². The summed E-state index contributed by atoms with van der Waals surface area (Å²) in [6, 6.07) is 4.67. The van der Waals surface area contributed by atoms with Gasteiger partial charge in [0.05, 0.1) is 0 Å². The molecule has 4 aliphatic rings. The fourth-order valence-corrected chi connectivity index (χ4v) is 4.54. The first-order valence-corrected chi connectivity index (χ1v) is 8.44. The van der Waals surface area contributed by atoms with Crippen molar-refractivity contribution in [1.29, 1.82) is 0 Å². The van der Waals surface area contributed by atoms with E-state index in [2.05, 4.69) is 0 Å². The minimum atomic E-state index is -1.01. The zero-order valence-corrected chi connectivity index (χ0v) is 13.6. The summed E-state index contributed by atoms with van der Waals surface area (Å²) in [6.45, 7) is 1.87. The van der Waals surface area contributed by atoms with Crippen LogP contribution >= 0.6 is 0 Å². The maximum Gasteiger partial charge on any atom is 0.230 e. The average Bonchev–Trinajstić information content (AvgIpc) is 2.80. The van der Waals surface area contributed by atoms with Crippen molar-refractivity contribution in [3.8, 4) is 0 Å². The van der Waals surface area contributed by atoms with Crippen LogP contribution in [0.5, 0.6) is 0 Å². The van der Waals surface area contributed by atoms with Crippen molar-refractivity contribution in [3.63, 3.8) is 0 Å². The van der Waals surface area contributed by atoms with Crippen LogP contribution in [0.4, 0.5) is 4.39 Å². The predicted octanol–water partition coefficient (Wildman–Crippen LogP) is 3.96. The summed E-state index contributed by atoms with van der Waals surface area (Å²) in [7, 11) is 1.65. The van der Waals surface area contributed by atoms with Gasteiger partial charge in [-0.3, -0.25) is 0 Å². The molecule has 0 N–H and O–H groups in total. The molecule has 0 unspecified atom stereocenters. The fourth-order valence-electron chi connectivity index (χ4n) is 4.54. The number of halogens is 1. The van der Waals surface area contributed by atoms with Gasteiger partial charge < -0.3 is 9.47 Å². The summed E-state index contributed by atoms with van der Waals surface area (Å²) in [6.07, 6.45) is 5.45. The molecular formula is C18H23FO4. The first kappa shape index (κ1) is 15.5. The lowest BCUT2D eigenvalue weighted by Gasteiger charge is -2.49. The summed E-state index contributed by atoms with van der Waals surface area (Å²) >= 11 is 0. The minimum Gasteiger partial charge on any atom is -0.353 e. The second-order valence-electron chi connectivity index (χ2n) is 7.00. The molecule has 4 atom stereocenters. The Morgan fingerprint density at radius 3 is 2.83 bits per heavy atom. The van der Waals surface area contributed by atoms with Gasteiger partial charge in [-0.25, -0.2) is 9.28 Å². The number of aryl methyl sites for hydroxylation is 1. The lowest BCUT2D eigenvalue weighted by molar-refractivity contribution is -0.559. The SMILES string of the molecule is CO[C@@H]1O[C@@]2(c3ccc(F)cc3C)CC[C@H]3CCCC[C@]31OO2. The van der Waals surface area contributed by atoms with Crippen LogP contribution in [0.1, 0.15) is 49.7 Å². The van der Waals surface area contributed by atoms with Crippen LogP contribution in [0.3, 0.4) is 0 Å². The molecule has 1 spiro atoms. The molecule has 1 saturated carbocycles. The summed E-state index contributed by atoms with van der Waals surface area (Å²) in [5.41, 5.74) is 1.10. The molecule has 0 radical (unpaired) electrons. The maximum atomic E-state index is 13.5. The number of methoxy groups -OCH3 is 1. The monoisotopic (exact) mass is 322 g/mol. The molecule has 2 bridgehead atoms. The standard InChI is InChI=1S/C18H23FO4/c1-12-11-14(19)6-7-15(12)18-10-8-13-5-3-4-9-17(13,22-23-18)16(20-2)21-18/h6-7,11,13,16H,3-5,8-10H2,1-2H3/t13-,16-,17+,18+/m1/s1. The van der Waals surface area contributed by atoms with E-state index in [1.807, 2.05) is 6.92 Å². The Bertz CT molecular complexity index is 603. The summed E-state index contributed by atoms with van der Waals surface area (Å²) in [5.74, 6) is -0.908. The van der Waals surface area contributed by atoms with E-state index in [1.54, 1.807) is 13.2 Å². The largest absolute Gasteiger partial charge is 0.353 e. The molecule has 4 fully saturated rings. The van der Waals surface area contributed by atoms with Crippen molar-refractivity contribution >= 4 is 0 Å². The lowest BCUT2D eigenvalue weighted by atomic mass is 9.73. The van der Waals surface area contributed by atoms with Gasteiger partial charge in [-0.15, -0.1) is 0 Å². The van der Waals surface area contributed by atoms with Crippen molar-refractivity contribution in [2.24, 2.45) is 5.92 Å². The highest BCUT2D eigenvalue weighted by Gasteiger charge is 2.62. The molecule has 1 aromatic rings. The number of benzene rings is 1. The van der Waals surface area contributed by atoms with Gasteiger partial charge in [0.1, 0.15) is 5.82 Å². The van der Waals surface area contributed by atoms with E-state index in [-0.39, 0.29) is 5.82 Å². The molecule has 126 valence electrons. The molecule has 1 aliphatic carbocycles. The maximum absolute atomic E-state index is 13.5. The number of ether oxygens (including phenoxy) is 2. The van der Waals surface area contributed by atoms with E-state index in [9.17, 15) is 4.39 Å². The van der Waals surface area contributed by atoms with E-state index < -0.39 is 17.7 Å². The Hall–Kier alpha value is -1.01.